The number of nitrogens with one attached hydrogen (secondary N) is 2. The molecular formula is C19H15N3O5. The molecule has 136 valence electrons. The number of amides is 3. The molecule has 8 heteroatoms. The third-order valence-corrected chi connectivity index (χ3v) is 3.30. The van der Waals surface area contributed by atoms with Gasteiger partial charge in [0.15, 0.2) is 12.2 Å². The number of rotatable bonds is 5. The second-order valence-corrected chi connectivity index (χ2v) is 5.33. The Morgan fingerprint density at radius 2 is 1.78 bits per heavy atom. The molecule has 3 aromatic rings. The van der Waals surface area contributed by atoms with Crippen molar-refractivity contribution in [2.45, 2.75) is 0 Å². The van der Waals surface area contributed by atoms with Crippen LogP contribution in [0.5, 0.6) is 0 Å². The summed E-state index contributed by atoms with van der Waals surface area (Å²) >= 11 is 0. The molecule has 0 saturated carbocycles. The highest BCUT2D eigenvalue weighted by atomic mass is 16.5. The Kier molecular flexibility index (Phi) is 5.58. The van der Waals surface area contributed by atoms with Crippen LogP contribution in [0, 0.1) is 0 Å². The van der Waals surface area contributed by atoms with E-state index >= 15 is 0 Å². The number of ether oxygens (including phenoxy) is 1. The van der Waals surface area contributed by atoms with E-state index in [-0.39, 0.29) is 5.89 Å². The van der Waals surface area contributed by atoms with E-state index in [1.807, 2.05) is 12.1 Å². The molecule has 1 heterocycles. The van der Waals surface area contributed by atoms with Crippen molar-refractivity contribution in [2.75, 3.05) is 11.9 Å². The number of carbonyl (C=O) groups is 3. The summed E-state index contributed by atoms with van der Waals surface area (Å²) in [6, 6.07) is 15.0. The van der Waals surface area contributed by atoms with Gasteiger partial charge in [-0.3, -0.25) is 10.1 Å². The molecule has 8 nitrogen and oxygen atoms in total. The number of para-hydroxylation sites is 3. The molecule has 0 atom stereocenters. The topological polar surface area (TPSA) is 111 Å². The maximum absolute atomic E-state index is 11.7. The number of imide groups is 1. The summed E-state index contributed by atoms with van der Waals surface area (Å²) in [5.74, 6) is -1.29. The first kappa shape index (κ1) is 17.9. The number of hydrogen-bond donors (Lipinski definition) is 2. The number of esters is 1. The number of aromatic nitrogens is 1. The minimum atomic E-state index is -0.768. The lowest BCUT2D eigenvalue weighted by Gasteiger charge is -2.06. The van der Waals surface area contributed by atoms with Crippen LogP contribution in [0.15, 0.2) is 65.1 Å². The van der Waals surface area contributed by atoms with Gasteiger partial charge < -0.3 is 14.5 Å². The highest BCUT2D eigenvalue weighted by molar-refractivity contribution is 6.02. The summed E-state index contributed by atoms with van der Waals surface area (Å²) in [6.45, 7) is -0.598. The van der Waals surface area contributed by atoms with E-state index in [4.69, 9.17) is 9.15 Å². The zero-order chi connectivity index (χ0) is 19.1. The number of carbonyl (C=O) groups excluding carboxylic acids is 3. The maximum Gasteiger partial charge on any atom is 0.331 e. The van der Waals surface area contributed by atoms with Crippen LogP contribution in [0.3, 0.4) is 0 Å². The van der Waals surface area contributed by atoms with Crippen molar-refractivity contribution >= 4 is 40.8 Å². The van der Waals surface area contributed by atoms with E-state index in [1.54, 1.807) is 42.5 Å². The quantitative estimate of drug-likeness (QED) is 0.531. The number of fused-ring (bicyclic) bond motifs is 1. The second kappa shape index (κ2) is 8.43. The van der Waals surface area contributed by atoms with E-state index in [0.29, 0.717) is 16.8 Å². The van der Waals surface area contributed by atoms with E-state index < -0.39 is 24.5 Å². The SMILES string of the molecule is O=C(COC(=O)/C=C/c1nc2ccccc2o1)NC(=O)Nc1ccccc1. The van der Waals surface area contributed by atoms with Gasteiger partial charge in [-0.1, -0.05) is 30.3 Å². The molecule has 0 aliphatic carbocycles. The molecule has 1 aromatic heterocycles. The first-order valence-corrected chi connectivity index (χ1v) is 7.96. The fourth-order valence-corrected chi connectivity index (χ4v) is 2.13. The minimum absolute atomic E-state index is 0.236. The standard InChI is InChI=1S/C19H15N3O5/c23-16(22-19(25)20-13-6-2-1-3-7-13)12-26-18(24)11-10-17-21-14-8-4-5-9-15(14)27-17/h1-11H,12H2,(H2,20,22,23,25)/b11-10+. The van der Waals surface area contributed by atoms with Crippen LogP contribution in [0.1, 0.15) is 5.89 Å². The van der Waals surface area contributed by atoms with Gasteiger partial charge in [-0.2, -0.15) is 0 Å². The Hall–Kier alpha value is -3.94. The lowest BCUT2D eigenvalue weighted by Crippen LogP contribution is -2.37. The molecule has 0 aliphatic heterocycles. The Morgan fingerprint density at radius 1 is 1.04 bits per heavy atom. The zero-order valence-corrected chi connectivity index (χ0v) is 14.0. The van der Waals surface area contributed by atoms with Crippen LogP contribution >= 0.6 is 0 Å². The first-order chi connectivity index (χ1) is 13.1. The summed E-state index contributed by atoms with van der Waals surface area (Å²) in [4.78, 5) is 39.1. The lowest BCUT2D eigenvalue weighted by atomic mass is 10.3. The van der Waals surface area contributed by atoms with Crippen LogP contribution in [0.2, 0.25) is 0 Å². The first-order valence-electron chi connectivity index (χ1n) is 7.96. The van der Waals surface area contributed by atoms with E-state index in [9.17, 15) is 14.4 Å². The van der Waals surface area contributed by atoms with Gasteiger partial charge in [0.2, 0.25) is 5.89 Å². The van der Waals surface area contributed by atoms with Gasteiger partial charge in [-0.15, -0.1) is 0 Å². The minimum Gasteiger partial charge on any atom is -0.452 e. The van der Waals surface area contributed by atoms with Gasteiger partial charge >= 0.3 is 12.0 Å². The van der Waals surface area contributed by atoms with Crippen LogP contribution in [-0.4, -0.2) is 29.5 Å². The molecule has 2 aromatic carbocycles. The lowest BCUT2D eigenvalue weighted by molar-refractivity contribution is -0.143. The molecule has 0 spiro atoms. The number of urea groups is 1. The third-order valence-electron chi connectivity index (χ3n) is 3.30. The fraction of sp³-hybridized carbons (Fsp3) is 0.0526. The molecule has 0 radical (unpaired) electrons. The van der Waals surface area contributed by atoms with Crippen molar-refractivity contribution in [2.24, 2.45) is 0 Å². The molecule has 27 heavy (non-hydrogen) atoms. The van der Waals surface area contributed by atoms with Crippen molar-refractivity contribution in [3.05, 3.63) is 66.6 Å². The van der Waals surface area contributed by atoms with E-state index in [0.717, 1.165) is 6.08 Å². The highest BCUT2D eigenvalue weighted by Crippen LogP contribution is 2.15. The molecule has 3 amide bonds. The van der Waals surface area contributed by atoms with Gasteiger partial charge in [0.1, 0.15) is 5.52 Å². The smallest absolute Gasteiger partial charge is 0.331 e. The summed E-state index contributed by atoms with van der Waals surface area (Å²) < 4.78 is 10.2. The summed E-state index contributed by atoms with van der Waals surface area (Å²) in [6.07, 6.45) is 2.42. The van der Waals surface area contributed by atoms with Crippen LogP contribution in [-0.2, 0) is 14.3 Å². The molecule has 0 bridgehead atoms. The van der Waals surface area contributed by atoms with Crippen LogP contribution in [0.4, 0.5) is 10.5 Å². The molecule has 0 saturated heterocycles. The average molecular weight is 365 g/mol. The Morgan fingerprint density at radius 3 is 2.56 bits per heavy atom. The number of oxazole rings is 1. The molecule has 0 unspecified atom stereocenters. The molecule has 2 N–H and O–H groups in total. The predicted molar refractivity (Wildman–Crippen MR) is 97.6 cm³/mol. The van der Waals surface area contributed by atoms with Gasteiger partial charge in [0.05, 0.1) is 0 Å². The van der Waals surface area contributed by atoms with Gasteiger partial charge in [0, 0.05) is 17.8 Å². The normalized spacial score (nSPS) is 10.7. The van der Waals surface area contributed by atoms with E-state index in [1.165, 1.54) is 6.08 Å². The maximum atomic E-state index is 11.7. The average Bonchev–Trinajstić information content (AvgIpc) is 3.08. The monoisotopic (exact) mass is 365 g/mol. The van der Waals surface area contributed by atoms with Crippen molar-refractivity contribution < 1.29 is 23.5 Å². The van der Waals surface area contributed by atoms with Gasteiger partial charge in [-0.25, -0.2) is 14.6 Å². The predicted octanol–water partition coefficient (Wildman–Crippen LogP) is 2.73. The van der Waals surface area contributed by atoms with Gasteiger partial charge in [0.25, 0.3) is 5.91 Å². The number of anilines is 1. The second-order valence-electron chi connectivity index (χ2n) is 5.33. The Balaban J connectivity index is 1.44. The number of benzene rings is 2. The fourth-order valence-electron chi connectivity index (χ4n) is 2.13. The summed E-state index contributed by atoms with van der Waals surface area (Å²) in [5.41, 5.74) is 1.78. The van der Waals surface area contributed by atoms with Crippen molar-refractivity contribution in [3.8, 4) is 0 Å². The zero-order valence-electron chi connectivity index (χ0n) is 14.0. The summed E-state index contributed by atoms with van der Waals surface area (Å²) in [5, 5.41) is 4.53. The van der Waals surface area contributed by atoms with Crippen molar-refractivity contribution in [1.29, 1.82) is 0 Å². The molecular weight excluding hydrogens is 350 g/mol. The van der Waals surface area contributed by atoms with Crippen LogP contribution < -0.4 is 10.6 Å². The Bertz CT molecular complexity index is 962. The largest absolute Gasteiger partial charge is 0.452 e. The third kappa shape index (κ3) is 5.27. The number of hydrogen-bond acceptors (Lipinski definition) is 6. The van der Waals surface area contributed by atoms with E-state index in [2.05, 4.69) is 15.6 Å². The van der Waals surface area contributed by atoms with Crippen molar-refractivity contribution in [3.63, 3.8) is 0 Å². The Labute approximate surface area is 153 Å². The van der Waals surface area contributed by atoms with Gasteiger partial charge in [-0.05, 0) is 24.3 Å². The summed E-state index contributed by atoms with van der Waals surface area (Å²) in [7, 11) is 0. The van der Waals surface area contributed by atoms with Crippen LogP contribution in [0.25, 0.3) is 17.2 Å². The van der Waals surface area contributed by atoms with Crippen molar-refractivity contribution in [1.82, 2.24) is 10.3 Å². The highest BCUT2D eigenvalue weighted by Gasteiger charge is 2.10. The number of nitrogens with zero attached hydrogens (tertiary/aromatic N) is 1. The molecule has 0 fully saturated rings. The molecule has 3 rings (SSSR count). The molecule has 0 aliphatic rings.